The normalized spacial score (nSPS) is 17.2. The monoisotopic (exact) mass is 391 g/mol. The Bertz CT molecular complexity index is 943. The van der Waals surface area contributed by atoms with Crippen molar-refractivity contribution in [3.05, 3.63) is 58.9 Å². The fourth-order valence-corrected chi connectivity index (χ4v) is 4.22. The lowest BCUT2D eigenvalue weighted by Gasteiger charge is -2.35. The molecule has 152 valence electrons. The molecule has 2 aromatic rings. The van der Waals surface area contributed by atoms with Crippen molar-refractivity contribution in [2.75, 3.05) is 31.1 Å². The topological polar surface area (TPSA) is 45.6 Å². The lowest BCUT2D eigenvalue weighted by atomic mass is 10.1. The maximum atomic E-state index is 12.7. The van der Waals surface area contributed by atoms with E-state index in [1.807, 2.05) is 35.2 Å². The summed E-state index contributed by atoms with van der Waals surface area (Å²) in [5.41, 5.74) is 5.51. The molecule has 1 amide bonds. The zero-order valence-electron chi connectivity index (χ0n) is 17.5. The number of carbonyl (C=O) groups is 2. The van der Waals surface area contributed by atoms with E-state index in [0.717, 1.165) is 29.9 Å². The van der Waals surface area contributed by atoms with Gasteiger partial charge in [-0.15, -0.1) is 0 Å². The fraction of sp³-hybridized carbons (Fsp3) is 0.417. The van der Waals surface area contributed by atoms with Crippen LogP contribution in [0.25, 0.3) is 6.08 Å². The molecule has 1 aromatic carbocycles. The van der Waals surface area contributed by atoms with E-state index < -0.39 is 0 Å². The average molecular weight is 392 g/mol. The minimum atomic E-state index is 0.0767. The molecule has 1 aliphatic carbocycles. The van der Waals surface area contributed by atoms with Crippen molar-refractivity contribution in [3.8, 4) is 0 Å². The van der Waals surface area contributed by atoms with E-state index in [1.165, 1.54) is 24.2 Å². The van der Waals surface area contributed by atoms with Crippen LogP contribution in [0.1, 0.15) is 53.1 Å². The molecule has 4 rings (SSSR count). The van der Waals surface area contributed by atoms with Gasteiger partial charge in [0.15, 0.2) is 5.78 Å². The van der Waals surface area contributed by atoms with Crippen molar-refractivity contribution >= 4 is 23.5 Å². The van der Waals surface area contributed by atoms with Crippen molar-refractivity contribution in [2.24, 2.45) is 0 Å². The quantitative estimate of drug-likeness (QED) is 0.572. The van der Waals surface area contributed by atoms with Gasteiger partial charge < -0.3 is 14.4 Å². The van der Waals surface area contributed by atoms with Gasteiger partial charge >= 0.3 is 0 Å². The van der Waals surface area contributed by atoms with Crippen molar-refractivity contribution in [1.29, 1.82) is 0 Å². The first-order valence-corrected chi connectivity index (χ1v) is 10.5. The van der Waals surface area contributed by atoms with E-state index in [2.05, 4.69) is 29.4 Å². The molecule has 1 saturated heterocycles. The highest BCUT2D eigenvalue weighted by Gasteiger charge is 2.26. The standard InChI is InChI=1S/C24H29N3O2/c1-17-16-21(18(2)27(17)23-9-10-23)6-11-24(29)26-14-12-25(13-15-26)22-7-4-20(5-8-22)19(3)28/h4-8,11,16,23H,9-10,12-15H2,1-3H3/b11-6+. The van der Waals surface area contributed by atoms with Gasteiger partial charge in [0, 0.05) is 60.9 Å². The Balaban J connectivity index is 1.35. The molecule has 0 bridgehead atoms. The number of rotatable bonds is 5. The fourth-order valence-electron chi connectivity index (χ4n) is 4.22. The number of benzene rings is 1. The number of hydrogen-bond acceptors (Lipinski definition) is 3. The van der Waals surface area contributed by atoms with Crippen LogP contribution in [-0.2, 0) is 4.79 Å². The van der Waals surface area contributed by atoms with Crippen LogP contribution in [0.4, 0.5) is 5.69 Å². The van der Waals surface area contributed by atoms with Crippen LogP contribution >= 0.6 is 0 Å². The second kappa shape index (κ2) is 7.90. The summed E-state index contributed by atoms with van der Waals surface area (Å²) in [6, 6.07) is 10.6. The number of ketones is 1. The molecule has 29 heavy (non-hydrogen) atoms. The maximum absolute atomic E-state index is 12.7. The third kappa shape index (κ3) is 4.14. The zero-order chi connectivity index (χ0) is 20.5. The average Bonchev–Trinajstić information content (AvgIpc) is 3.51. The van der Waals surface area contributed by atoms with Gasteiger partial charge in [-0.2, -0.15) is 0 Å². The highest BCUT2D eigenvalue weighted by atomic mass is 16.2. The molecule has 1 aromatic heterocycles. The number of carbonyl (C=O) groups excluding carboxylic acids is 2. The first kappa shape index (κ1) is 19.5. The first-order valence-electron chi connectivity index (χ1n) is 10.5. The van der Waals surface area contributed by atoms with Crippen LogP contribution < -0.4 is 4.90 Å². The Morgan fingerprint density at radius 2 is 1.66 bits per heavy atom. The second-order valence-electron chi connectivity index (χ2n) is 8.18. The Morgan fingerprint density at radius 3 is 2.24 bits per heavy atom. The van der Waals surface area contributed by atoms with E-state index in [9.17, 15) is 9.59 Å². The van der Waals surface area contributed by atoms with E-state index in [4.69, 9.17) is 0 Å². The Hall–Kier alpha value is -2.82. The summed E-state index contributed by atoms with van der Waals surface area (Å²) < 4.78 is 2.40. The number of piperazine rings is 1. The minimum Gasteiger partial charge on any atom is -0.368 e. The predicted molar refractivity (Wildman–Crippen MR) is 116 cm³/mol. The summed E-state index contributed by atoms with van der Waals surface area (Å²) in [6.07, 6.45) is 6.22. The number of hydrogen-bond donors (Lipinski definition) is 0. The number of amides is 1. The van der Waals surface area contributed by atoms with Crippen LogP contribution in [-0.4, -0.2) is 47.3 Å². The van der Waals surface area contributed by atoms with Gasteiger partial charge in [-0.1, -0.05) is 0 Å². The first-order chi connectivity index (χ1) is 13.9. The SMILES string of the molecule is CC(=O)c1ccc(N2CCN(C(=O)/C=C/c3cc(C)n(C4CC4)c3C)CC2)cc1. The summed E-state index contributed by atoms with van der Waals surface area (Å²) in [4.78, 5) is 28.3. The van der Waals surface area contributed by atoms with Crippen LogP contribution in [0.2, 0.25) is 0 Å². The Kier molecular flexibility index (Phi) is 5.31. The molecule has 2 heterocycles. The van der Waals surface area contributed by atoms with E-state index in [-0.39, 0.29) is 11.7 Å². The maximum Gasteiger partial charge on any atom is 0.246 e. The smallest absolute Gasteiger partial charge is 0.246 e. The van der Waals surface area contributed by atoms with Crippen LogP contribution in [0.15, 0.2) is 36.4 Å². The lowest BCUT2D eigenvalue weighted by molar-refractivity contribution is -0.126. The van der Waals surface area contributed by atoms with Crippen molar-refractivity contribution in [2.45, 2.75) is 39.7 Å². The molecule has 5 nitrogen and oxygen atoms in total. The molecule has 0 spiro atoms. The lowest BCUT2D eigenvalue weighted by Crippen LogP contribution is -2.48. The third-order valence-electron chi connectivity index (χ3n) is 6.07. The number of anilines is 1. The predicted octanol–water partition coefficient (Wildman–Crippen LogP) is 4.00. The van der Waals surface area contributed by atoms with E-state index in [0.29, 0.717) is 19.1 Å². The van der Waals surface area contributed by atoms with Gasteiger partial charge in [0.25, 0.3) is 0 Å². The zero-order valence-corrected chi connectivity index (χ0v) is 17.5. The van der Waals surface area contributed by atoms with Crippen molar-refractivity contribution in [1.82, 2.24) is 9.47 Å². The number of aryl methyl sites for hydroxylation is 1. The molecule has 1 saturated carbocycles. The molecule has 1 aliphatic heterocycles. The second-order valence-corrected chi connectivity index (χ2v) is 8.18. The van der Waals surface area contributed by atoms with Gasteiger partial charge in [-0.05, 0) is 75.6 Å². The van der Waals surface area contributed by atoms with Crippen LogP contribution in [0, 0.1) is 13.8 Å². The molecule has 0 unspecified atom stereocenters. The van der Waals surface area contributed by atoms with Crippen LogP contribution in [0.3, 0.4) is 0 Å². The van der Waals surface area contributed by atoms with Gasteiger partial charge in [-0.3, -0.25) is 9.59 Å². The Morgan fingerprint density at radius 1 is 1.00 bits per heavy atom. The van der Waals surface area contributed by atoms with Crippen molar-refractivity contribution < 1.29 is 9.59 Å². The summed E-state index contributed by atoms with van der Waals surface area (Å²) in [5, 5.41) is 0. The molecule has 2 fully saturated rings. The summed E-state index contributed by atoms with van der Waals surface area (Å²) in [5.74, 6) is 0.157. The van der Waals surface area contributed by atoms with Crippen LogP contribution in [0.5, 0.6) is 0 Å². The van der Waals surface area contributed by atoms with Gasteiger partial charge in [0.1, 0.15) is 0 Å². The van der Waals surface area contributed by atoms with E-state index in [1.54, 1.807) is 13.0 Å². The highest BCUT2D eigenvalue weighted by molar-refractivity contribution is 5.94. The molecule has 2 aliphatic rings. The highest BCUT2D eigenvalue weighted by Crippen LogP contribution is 2.38. The number of Topliss-reactive ketones (excluding diaryl/α,β-unsaturated/α-hetero) is 1. The van der Waals surface area contributed by atoms with Gasteiger partial charge in [0.05, 0.1) is 0 Å². The van der Waals surface area contributed by atoms with Crippen molar-refractivity contribution in [3.63, 3.8) is 0 Å². The molecule has 5 heteroatoms. The summed E-state index contributed by atoms with van der Waals surface area (Å²) in [7, 11) is 0. The molecule has 0 N–H and O–H groups in total. The number of aromatic nitrogens is 1. The largest absolute Gasteiger partial charge is 0.368 e. The third-order valence-corrected chi connectivity index (χ3v) is 6.07. The molecular weight excluding hydrogens is 362 g/mol. The molecular formula is C24H29N3O2. The summed E-state index contributed by atoms with van der Waals surface area (Å²) in [6.45, 7) is 8.89. The van der Waals surface area contributed by atoms with Gasteiger partial charge in [0.2, 0.25) is 5.91 Å². The van der Waals surface area contributed by atoms with E-state index >= 15 is 0 Å². The Labute approximate surface area is 172 Å². The number of nitrogens with zero attached hydrogens (tertiary/aromatic N) is 3. The van der Waals surface area contributed by atoms with Gasteiger partial charge in [-0.25, -0.2) is 0 Å². The molecule has 0 radical (unpaired) electrons. The minimum absolute atomic E-state index is 0.0767. The summed E-state index contributed by atoms with van der Waals surface area (Å²) >= 11 is 0. The molecule has 0 atom stereocenters.